The molecule has 0 saturated carbocycles. The Bertz CT molecular complexity index is 499. The molecule has 0 aliphatic heterocycles. The number of hydrogen-bond acceptors (Lipinski definition) is 3. The van der Waals surface area contributed by atoms with Gasteiger partial charge in [0, 0.05) is 12.3 Å². The number of halogens is 1. The Morgan fingerprint density at radius 3 is 2.56 bits per heavy atom. The van der Waals surface area contributed by atoms with Gasteiger partial charge in [-0.15, -0.1) is 0 Å². The van der Waals surface area contributed by atoms with Gasteiger partial charge in [-0.1, -0.05) is 18.2 Å². The van der Waals surface area contributed by atoms with Crippen molar-refractivity contribution >= 4 is 16.8 Å². The van der Waals surface area contributed by atoms with E-state index in [1.54, 1.807) is 6.07 Å². The van der Waals surface area contributed by atoms with Gasteiger partial charge in [0.15, 0.2) is 0 Å². The van der Waals surface area contributed by atoms with Crippen LogP contribution in [0.1, 0.15) is 10.5 Å². The monoisotopic (exact) mass is 233 g/mol. The van der Waals surface area contributed by atoms with E-state index in [9.17, 15) is 4.79 Å². The predicted octanol–water partition coefficient (Wildman–Crippen LogP) is 3.25. The van der Waals surface area contributed by atoms with Crippen LogP contribution < -0.4 is 4.74 Å². The molecule has 80 valence electrons. The molecule has 2 aromatic rings. The fourth-order valence-corrected chi connectivity index (χ4v) is 1.31. The fraction of sp³-hybridized carbons (Fsp3) is 0. The first-order valence-corrected chi connectivity index (χ1v) is 5.02. The molecule has 0 unspecified atom stereocenters. The molecule has 0 amide bonds. The van der Waals surface area contributed by atoms with Crippen molar-refractivity contribution in [2.75, 3.05) is 0 Å². The summed E-state index contributed by atoms with van der Waals surface area (Å²) >= 11 is 5.32. The summed E-state index contributed by atoms with van der Waals surface area (Å²) in [5.74, 6) is 1.23. The van der Waals surface area contributed by atoms with Crippen molar-refractivity contribution in [3.8, 4) is 11.5 Å². The average molecular weight is 234 g/mol. The van der Waals surface area contributed by atoms with Gasteiger partial charge < -0.3 is 4.74 Å². The van der Waals surface area contributed by atoms with Crippen molar-refractivity contribution in [3.63, 3.8) is 0 Å². The molecule has 0 bridgehead atoms. The van der Waals surface area contributed by atoms with Crippen LogP contribution in [0.2, 0.25) is 0 Å². The zero-order chi connectivity index (χ0) is 11.4. The first-order valence-electron chi connectivity index (χ1n) is 4.64. The maximum atomic E-state index is 10.9. The second-order valence-electron chi connectivity index (χ2n) is 3.07. The molecule has 0 radical (unpaired) electrons. The highest BCUT2D eigenvalue weighted by atomic mass is 35.5. The van der Waals surface area contributed by atoms with Gasteiger partial charge in [-0.05, 0) is 29.8 Å². The van der Waals surface area contributed by atoms with E-state index in [1.807, 2.05) is 30.3 Å². The van der Waals surface area contributed by atoms with Crippen molar-refractivity contribution in [3.05, 3.63) is 54.4 Å². The molecule has 1 aromatic carbocycles. The number of hydrogen-bond donors (Lipinski definition) is 0. The third-order valence-corrected chi connectivity index (χ3v) is 2.11. The summed E-state index contributed by atoms with van der Waals surface area (Å²) in [5.41, 5.74) is 0.176. The Morgan fingerprint density at radius 1 is 1.12 bits per heavy atom. The maximum Gasteiger partial charge on any atom is 0.270 e. The lowest BCUT2D eigenvalue weighted by atomic mass is 10.3. The number of aromatic nitrogens is 1. The van der Waals surface area contributed by atoms with Gasteiger partial charge in [0.1, 0.15) is 17.2 Å². The molecule has 0 N–H and O–H groups in total. The summed E-state index contributed by atoms with van der Waals surface area (Å²) in [4.78, 5) is 14.7. The molecule has 0 aliphatic carbocycles. The van der Waals surface area contributed by atoms with Crippen LogP contribution in [-0.4, -0.2) is 10.2 Å². The van der Waals surface area contributed by atoms with E-state index < -0.39 is 5.24 Å². The summed E-state index contributed by atoms with van der Waals surface area (Å²) in [6.07, 6.45) is 1.48. The predicted molar refractivity (Wildman–Crippen MR) is 60.9 cm³/mol. The Labute approximate surface area is 97.7 Å². The number of carbonyl (C=O) groups is 1. The Morgan fingerprint density at radius 2 is 1.88 bits per heavy atom. The Balaban J connectivity index is 2.22. The summed E-state index contributed by atoms with van der Waals surface area (Å²) in [5, 5.41) is -0.599. The van der Waals surface area contributed by atoms with Gasteiger partial charge in [-0.3, -0.25) is 9.78 Å². The largest absolute Gasteiger partial charge is 0.457 e. The van der Waals surface area contributed by atoms with Crippen LogP contribution in [0.15, 0.2) is 48.7 Å². The van der Waals surface area contributed by atoms with Gasteiger partial charge >= 0.3 is 0 Å². The lowest BCUT2D eigenvalue weighted by Gasteiger charge is -2.05. The van der Waals surface area contributed by atoms with E-state index in [4.69, 9.17) is 16.3 Å². The number of nitrogens with zero attached hydrogens (tertiary/aromatic N) is 1. The van der Waals surface area contributed by atoms with Gasteiger partial charge in [-0.25, -0.2) is 0 Å². The second-order valence-corrected chi connectivity index (χ2v) is 3.41. The van der Waals surface area contributed by atoms with Crippen LogP contribution in [0.4, 0.5) is 0 Å². The normalized spacial score (nSPS) is 9.81. The van der Waals surface area contributed by atoms with Crippen molar-refractivity contribution in [2.45, 2.75) is 0 Å². The second kappa shape index (κ2) is 4.77. The molecule has 0 fully saturated rings. The minimum absolute atomic E-state index is 0.176. The Kier molecular flexibility index (Phi) is 3.17. The quantitative estimate of drug-likeness (QED) is 0.764. The zero-order valence-corrected chi connectivity index (χ0v) is 9.02. The summed E-state index contributed by atoms with van der Waals surface area (Å²) in [6.45, 7) is 0. The van der Waals surface area contributed by atoms with E-state index in [1.165, 1.54) is 12.3 Å². The van der Waals surface area contributed by atoms with Gasteiger partial charge in [-0.2, -0.15) is 0 Å². The number of ether oxygens (including phenoxy) is 1. The van der Waals surface area contributed by atoms with Crippen molar-refractivity contribution < 1.29 is 9.53 Å². The average Bonchev–Trinajstić information content (AvgIpc) is 2.30. The highest BCUT2D eigenvalue weighted by Gasteiger charge is 2.05. The van der Waals surface area contributed by atoms with E-state index in [2.05, 4.69) is 4.98 Å². The molecule has 2 rings (SSSR count). The summed E-state index contributed by atoms with van der Waals surface area (Å²) in [7, 11) is 0. The van der Waals surface area contributed by atoms with E-state index in [0.29, 0.717) is 11.5 Å². The zero-order valence-electron chi connectivity index (χ0n) is 8.26. The van der Waals surface area contributed by atoms with E-state index >= 15 is 0 Å². The minimum Gasteiger partial charge on any atom is -0.457 e. The fourth-order valence-electron chi connectivity index (χ4n) is 1.21. The van der Waals surface area contributed by atoms with E-state index in [-0.39, 0.29) is 5.69 Å². The SMILES string of the molecule is O=C(Cl)c1cc(Oc2ccccc2)ccn1. The maximum absolute atomic E-state index is 10.9. The first kappa shape index (κ1) is 10.6. The van der Waals surface area contributed by atoms with Crippen LogP contribution in [0.25, 0.3) is 0 Å². The van der Waals surface area contributed by atoms with Gasteiger partial charge in [0.25, 0.3) is 5.24 Å². The Hall–Kier alpha value is -1.87. The number of benzene rings is 1. The third-order valence-electron chi connectivity index (χ3n) is 1.91. The van der Waals surface area contributed by atoms with Crippen LogP contribution in [0.3, 0.4) is 0 Å². The first-order chi connectivity index (χ1) is 7.75. The van der Waals surface area contributed by atoms with Crippen molar-refractivity contribution in [2.24, 2.45) is 0 Å². The van der Waals surface area contributed by atoms with Crippen LogP contribution in [0.5, 0.6) is 11.5 Å². The number of rotatable bonds is 3. The van der Waals surface area contributed by atoms with Crippen molar-refractivity contribution in [1.82, 2.24) is 4.98 Å². The highest BCUT2D eigenvalue weighted by Crippen LogP contribution is 2.21. The van der Waals surface area contributed by atoms with Crippen LogP contribution in [-0.2, 0) is 0 Å². The van der Waals surface area contributed by atoms with Gasteiger partial charge in [0.05, 0.1) is 0 Å². The third kappa shape index (κ3) is 2.58. The lowest BCUT2D eigenvalue weighted by molar-refractivity contribution is 0.107. The summed E-state index contributed by atoms with van der Waals surface area (Å²) < 4.78 is 5.52. The van der Waals surface area contributed by atoms with Crippen LogP contribution >= 0.6 is 11.6 Å². The molecule has 4 heteroatoms. The smallest absolute Gasteiger partial charge is 0.270 e. The molecule has 0 spiro atoms. The molecule has 0 atom stereocenters. The molecule has 1 heterocycles. The molecule has 3 nitrogen and oxygen atoms in total. The highest BCUT2D eigenvalue weighted by molar-refractivity contribution is 6.67. The topological polar surface area (TPSA) is 39.2 Å². The molecule has 16 heavy (non-hydrogen) atoms. The number of carbonyl (C=O) groups excluding carboxylic acids is 1. The molecule has 0 aliphatic rings. The molecule has 1 aromatic heterocycles. The van der Waals surface area contributed by atoms with Crippen LogP contribution in [0, 0.1) is 0 Å². The molecular weight excluding hydrogens is 226 g/mol. The van der Waals surface area contributed by atoms with E-state index in [0.717, 1.165) is 0 Å². The summed E-state index contributed by atoms with van der Waals surface area (Å²) in [6, 6.07) is 12.4. The molecular formula is C12H8ClNO2. The molecule has 0 saturated heterocycles. The van der Waals surface area contributed by atoms with Crippen molar-refractivity contribution in [1.29, 1.82) is 0 Å². The number of para-hydroxylation sites is 1. The minimum atomic E-state index is -0.599. The lowest BCUT2D eigenvalue weighted by Crippen LogP contribution is -1.94. The van der Waals surface area contributed by atoms with Gasteiger partial charge in [0.2, 0.25) is 0 Å². The number of pyridine rings is 1. The standard InChI is InChI=1S/C12H8ClNO2/c13-12(15)11-8-10(6-7-14-11)16-9-4-2-1-3-5-9/h1-8H.